The smallest absolute Gasteiger partial charge is 0.253 e. The lowest BCUT2D eigenvalue weighted by Crippen LogP contribution is -2.35. The minimum Gasteiger partial charge on any atom is -0.339 e. The van der Waals surface area contributed by atoms with Crippen LogP contribution in [0.1, 0.15) is 46.4 Å². The van der Waals surface area contributed by atoms with Crippen LogP contribution < -0.4 is 0 Å². The maximum absolute atomic E-state index is 12.6. The summed E-state index contributed by atoms with van der Waals surface area (Å²) in [5.41, 5.74) is 5.59. The van der Waals surface area contributed by atoms with Gasteiger partial charge in [0, 0.05) is 24.2 Å². The summed E-state index contributed by atoms with van der Waals surface area (Å²) in [4.78, 5) is 19.2. The SMILES string of the molecule is O=C(c1ccc(-n2cc(C3=NCc4ccccc43)nn2)cc1)N1CCCCC1. The first-order valence-electron chi connectivity index (χ1n) is 9.75. The third kappa shape index (κ3) is 3.01. The second kappa shape index (κ2) is 7.03. The van der Waals surface area contributed by atoms with Crippen molar-refractivity contribution in [1.29, 1.82) is 0 Å². The fourth-order valence-corrected chi connectivity index (χ4v) is 3.89. The van der Waals surface area contributed by atoms with Gasteiger partial charge in [0.1, 0.15) is 5.69 Å². The number of rotatable bonds is 3. The van der Waals surface area contributed by atoms with E-state index in [0.717, 1.165) is 54.2 Å². The van der Waals surface area contributed by atoms with E-state index >= 15 is 0 Å². The summed E-state index contributed by atoms with van der Waals surface area (Å²) in [6, 6.07) is 15.8. The van der Waals surface area contributed by atoms with Crippen molar-refractivity contribution in [2.75, 3.05) is 13.1 Å². The van der Waals surface area contributed by atoms with E-state index in [1.165, 1.54) is 12.0 Å². The van der Waals surface area contributed by atoms with E-state index in [-0.39, 0.29) is 5.91 Å². The van der Waals surface area contributed by atoms with E-state index in [9.17, 15) is 4.79 Å². The molecule has 0 aliphatic carbocycles. The molecule has 1 fully saturated rings. The predicted molar refractivity (Wildman–Crippen MR) is 107 cm³/mol. The number of benzene rings is 2. The van der Waals surface area contributed by atoms with Crippen molar-refractivity contribution in [3.8, 4) is 5.69 Å². The van der Waals surface area contributed by atoms with Gasteiger partial charge in [-0.05, 0) is 49.1 Å². The second-order valence-corrected chi connectivity index (χ2v) is 7.27. The number of fused-ring (bicyclic) bond motifs is 1. The van der Waals surface area contributed by atoms with Gasteiger partial charge in [-0.25, -0.2) is 4.68 Å². The second-order valence-electron chi connectivity index (χ2n) is 7.27. The molecular formula is C22H21N5O. The van der Waals surface area contributed by atoms with E-state index < -0.39 is 0 Å². The van der Waals surface area contributed by atoms with Crippen LogP contribution in [0.4, 0.5) is 0 Å². The molecule has 0 radical (unpaired) electrons. The van der Waals surface area contributed by atoms with Crippen molar-refractivity contribution in [2.24, 2.45) is 4.99 Å². The number of aliphatic imine (C=N–C) groups is 1. The first-order chi connectivity index (χ1) is 13.8. The van der Waals surface area contributed by atoms with Crippen LogP contribution in [-0.4, -0.2) is 44.6 Å². The molecule has 0 spiro atoms. The summed E-state index contributed by atoms with van der Waals surface area (Å²) in [5.74, 6) is 0.113. The topological polar surface area (TPSA) is 63.4 Å². The zero-order valence-electron chi connectivity index (χ0n) is 15.6. The molecule has 2 aliphatic heterocycles. The molecule has 28 heavy (non-hydrogen) atoms. The van der Waals surface area contributed by atoms with E-state index in [1.807, 2.05) is 47.5 Å². The average molecular weight is 371 g/mol. The summed E-state index contributed by atoms with van der Waals surface area (Å²) in [6.07, 6.45) is 5.30. The van der Waals surface area contributed by atoms with Crippen LogP contribution in [0.2, 0.25) is 0 Å². The molecule has 1 amide bonds. The van der Waals surface area contributed by atoms with Crippen LogP contribution in [0.15, 0.2) is 59.7 Å². The number of aromatic nitrogens is 3. The summed E-state index contributed by atoms with van der Waals surface area (Å²) >= 11 is 0. The quantitative estimate of drug-likeness (QED) is 0.710. The van der Waals surface area contributed by atoms with Gasteiger partial charge >= 0.3 is 0 Å². The number of carbonyl (C=O) groups is 1. The van der Waals surface area contributed by atoms with Crippen LogP contribution in [0.3, 0.4) is 0 Å². The molecule has 0 N–H and O–H groups in total. The fraction of sp³-hybridized carbons (Fsp3) is 0.273. The Morgan fingerprint density at radius 1 is 0.929 bits per heavy atom. The molecule has 1 aromatic heterocycles. The molecule has 3 heterocycles. The zero-order valence-corrected chi connectivity index (χ0v) is 15.6. The molecule has 6 heteroatoms. The number of nitrogens with zero attached hydrogens (tertiary/aromatic N) is 5. The van der Waals surface area contributed by atoms with Crippen LogP contribution in [0.25, 0.3) is 5.69 Å². The van der Waals surface area contributed by atoms with Gasteiger partial charge < -0.3 is 4.90 Å². The summed E-state index contributed by atoms with van der Waals surface area (Å²) in [7, 11) is 0. The van der Waals surface area contributed by atoms with Crippen molar-refractivity contribution < 1.29 is 4.79 Å². The molecule has 0 bridgehead atoms. The van der Waals surface area contributed by atoms with E-state index in [0.29, 0.717) is 6.54 Å². The Kier molecular flexibility index (Phi) is 4.24. The van der Waals surface area contributed by atoms with Crippen LogP contribution in [0, 0.1) is 0 Å². The number of hydrogen-bond acceptors (Lipinski definition) is 4. The highest BCUT2D eigenvalue weighted by atomic mass is 16.2. The van der Waals surface area contributed by atoms with Crippen molar-refractivity contribution in [3.05, 3.63) is 77.1 Å². The number of piperidine rings is 1. The molecule has 6 nitrogen and oxygen atoms in total. The lowest BCUT2D eigenvalue weighted by Gasteiger charge is -2.26. The Morgan fingerprint density at radius 3 is 2.54 bits per heavy atom. The van der Waals surface area contributed by atoms with Crippen LogP contribution >= 0.6 is 0 Å². The lowest BCUT2D eigenvalue weighted by atomic mass is 10.0. The molecular weight excluding hydrogens is 350 g/mol. The largest absolute Gasteiger partial charge is 0.339 e. The van der Waals surface area contributed by atoms with Crippen molar-refractivity contribution in [1.82, 2.24) is 19.9 Å². The maximum Gasteiger partial charge on any atom is 0.253 e. The van der Waals surface area contributed by atoms with Gasteiger partial charge in [0.15, 0.2) is 0 Å². The van der Waals surface area contributed by atoms with Crippen molar-refractivity contribution in [3.63, 3.8) is 0 Å². The van der Waals surface area contributed by atoms with Gasteiger partial charge in [0.05, 0.1) is 24.1 Å². The van der Waals surface area contributed by atoms with E-state index in [4.69, 9.17) is 0 Å². The van der Waals surface area contributed by atoms with Gasteiger partial charge in [-0.1, -0.05) is 29.5 Å². The minimum absolute atomic E-state index is 0.113. The Bertz CT molecular complexity index is 1040. The first kappa shape index (κ1) is 16.9. The highest BCUT2D eigenvalue weighted by Crippen LogP contribution is 2.22. The summed E-state index contributed by atoms with van der Waals surface area (Å²) in [6.45, 7) is 2.40. The number of likely N-dealkylation sites (tertiary alicyclic amines) is 1. The van der Waals surface area contributed by atoms with Crippen molar-refractivity contribution in [2.45, 2.75) is 25.8 Å². The molecule has 3 aromatic rings. The maximum atomic E-state index is 12.6. The molecule has 1 saturated heterocycles. The van der Waals surface area contributed by atoms with Gasteiger partial charge in [-0.3, -0.25) is 9.79 Å². The summed E-state index contributed by atoms with van der Waals surface area (Å²) < 4.78 is 1.73. The standard InChI is InChI=1S/C22H21N5O/c28-22(26-12-4-1-5-13-26)16-8-10-18(11-9-16)27-15-20(24-25-27)21-19-7-3-2-6-17(19)14-23-21/h2-3,6-11,15H,1,4-5,12-14H2. The average Bonchev–Trinajstić information content (AvgIpc) is 3.41. The Balaban J connectivity index is 1.36. The van der Waals surface area contributed by atoms with Crippen LogP contribution in [-0.2, 0) is 6.54 Å². The van der Waals surface area contributed by atoms with Crippen LogP contribution in [0.5, 0.6) is 0 Å². The molecule has 2 aliphatic rings. The van der Waals surface area contributed by atoms with Gasteiger partial charge in [0.25, 0.3) is 5.91 Å². The molecule has 0 unspecified atom stereocenters. The number of carbonyl (C=O) groups excluding carboxylic acids is 1. The number of hydrogen-bond donors (Lipinski definition) is 0. The Morgan fingerprint density at radius 2 is 1.71 bits per heavy atom. The van der Waals surface area contributed by atoms with Gasteiger partial charge in [0.2, 0.25) is 0 Å². The normalized spacial score (nSPS) is 16.0. The molecule has 0 saturated carbocycles. The monoisotopic (exact) mass is 371 g/mol. The molecule has 5 rings (SSSR count). The van der Waals surface area contributed by atoms with Gasteiger partial charge in [-0.15, -0.1) is 5.10 Å². The Labute approximate surface area is 163 Å². The molecule has 0 atom stereocenters. The van der Waals surface area contributed by atoms with Gasteiger partial charge in [-0.2, -0.15) is 0 Å². The predicted octanol–water partition coefficient (Wildman–Crippen LogP) is 3.24. The number of amides is 1. The Hall–Kier alpha value is -3.28. The zero-order chi connectivity index (χ0) is 18.9. The molecule has 140 valence electrons. The minimum atomic E-state index is 0.113. The summed E-state index contributed by atoms with van der Waals surface area (Å²) in [5, 5.41) is 8.57. The fourth-order valence-electron chi connectivity index (χ4n) is 3.89. The highest BCUT2D eigenvalue weighted by molar-refractivity contribution is 6.13. The lowest BCUT2D eigenvalue weighted by molar-refractivity contribution is 0.0724. The first-order valence-corrected chi connectivity index (χ1v) is 9.75. The third-order valence-corrected chi connectivity index (χ3v) is 5.44. The van der Waals surface area contributed by atoms with E-state index in [1.54, 1.807) is 4.68 Å². The van der Waals surface area contributed by atoms with E-state index in [2.05, 4.69) is 27.4 Å². The highest BCUT2D eigenvalue weighted by Gasteiger charge is 2.20. The van der Waals surface area contributed by atoms with Crippen molar-refractivity contribution >= 4 is 11.6 Å². The third-order valence-electron chi connectivity index (χ3n) is 5.44. The molecule has 2 aromatic carbocycles.